The molecule has 1 aliphatic heterocycles. The van der Waals surface area contributed by atoms with Crippen LogP contribution in [-0.4, -0.2) is 64.0 Å². The monoisotopic (exact) mass is 297 g/mol. The van der Waals surface area contributed by atoms with Gasteiger partial charge in [0.15, 0.2) is 0 Å². The van der Waals surface area contributed by atoms with Crippen molar-refractivity contribution in [2.75, 3.05) is 6.61 Å². The van der Waals surface area contributed by atoms with Crippen molar-refractivity contribution in [2.24, 2.45) is 5.16 Å². The molecule has 0 aliphatic carbocycles. The zero-order valence-electron chi connectivity index (χ0n) is 11.5. The lowest BCUT2D eigenvalue weighted by molar-refractivity contribution is -0.301. The van der Waals surface area contributed by atoms with Crippen LogP contribution in [0.3, 0.4) is 0 Å². The van der Waals surface area contributed by atoms with E-state index in [0.717, 1.165) is 11.1 Å². The molecule has 0 spiro atoms. The molecule has 1 saturated heterocycles. The predicted molar refractivity (Wildman–Crippen MR) is 73.6 cm³/mol. The second-order valence-electron chi connectivity index (χ2n) is 4.89. The minimum Gasteiger partial charge on any atom is -0.394 e. The van der Waals surface area contributed by atoms with Crippen LogP contribution in [0.4, 0.5) is 0 Å². The first-order chi connectivity index (χ1) is 10.0. The van der Waals surface area contributed by atoms with Crippen LogP contribution >= 0.6 is 0 Å². The highest BCUT2D eigenvalue weighted by Gasteiger charge is 2.44. The normalized spacial score (nSPS) is 33.3. The van der Waals surface area contributed by atoms with Gasteiger partial charge in [0.25, 0.3) is 6.29 Å². The van der Waals surface area contributed by atoms with Gasteiger partial charge in [-0.2, -0.15) is 0 Å². The molecule has 7 heteroatoms. The van der Waals surface area contributed by atoms with Gasteiger partial charge in [-0.1, -0.05) is 29.4 Å². The van der Waals surface area contributed by atoms with Gasteiger partial charge in [-0.15, -0.1) is 0 Å². The van der Waals surface area contributed by atoms with Crippen molar-refractivity contribution in [3.8, 4) is 0 Å². The largest absolute Gasteiger partial charge is 0.394 e. The van der Waals surface area contributed by atoms with Crippen molar-refractivity contribution in [3.05, 3.63) is 35.4 Å². The number of benzene rings is 1. The van der Waals surface area contributed by atoms with E-state index in [2.05, 4.69) is 5.16 Å². The van der Waals surface area contributed by atoms with Crippen LogP contribution in [-0.2, 0) is 9.57 Å². The molecule has 0 bridgehead atoms. The summed E-state index contributed by atoms with van der Waals surface area (Å²) in [5.41, 5.74) is 1.83. The van der Waals surface area contributed by atoms with Crippen LogP contribution in [0, 0.1) is 6.92 Å². The van der Waals surface area contributed by atoms with Gasteiger partial charge < -0.3 is 30.0 Å². The Morgan fingerprint density at radius 1 is 1.19 bits per heavy atom. The molecule has 1 aromatic rings. The average Bonchev–Trinajstić information content (AvgIpc) is 2.49. The number of ether oxygens (including phenoxy) is 1. The van der Waals surface area contributed by atoms with Crippen LogP contribution < -0.4 is 0 Å². The van der Waals surface area contributed by atoms with Gasteiger partial charge in [-0.3, -0.25) is 0 Å². The molecular formula is C14H19NO6. The van der Waals surface area contributed by atoms with Crippen molar-refractivity contribution in [1.82, 2.24) is 0 Å². The summed E-state index contributed by atoms with van der Waals surface area (Å²) in [6.45, 7) is 1.40. The molecule has 21 heavy (non-hydrogen) atoms. The number of nitrogens with zero attached hydrogens (tertiary/aromatic N) is 1. The summed E-state index contributed by atoms with van der Waals surface area (Å²) in [6.07, 6.45) is -5.17. The van der Waals surface area contributed by atoms with Crippen molar-refractivity contribution < 1.29 is 30.0 Å². The van der Waals surface area contributed by atoms with Crippen LogP contribution in [0.1, 0.15) is 11.1 Å². The molecule has 116 valence electrons. The summed E-state index contributed by atoms with van der Waals surface area (Å²) in [7, 11) is 0. The third-order valence-electron chi connectivity index (χ3n) is 3.39. The van der Waals surface area contributed by atoms with E-state index in [1.165, 1.54) is 6.21 Å². The third-order valence-corrected chi connectivity index (χ3v) is 3.39. The highest BCUT2D eigenvalue weighted by atomic mass is 16.8. The zero-order chi connectivity index (χ0) is 15.4. The Morgan fingerprint density at radius 2 is 1.90 bits per heavy atom. The molecule has 0 aromatic heterocycles. The molecule has 4 N–H and O–H groups in total. The van der Waals surface area contributed by atoms with Gasteiger partial charge in [0, 0.05) is 0 Å². The lowest BCUT2D eigenvalue weighted by Gasteiger charge is -2.38. The minimum atomic E-state index is -1.48. The maximum atomic E-state index is 9.76. The first kappa shape index (κ1) is 15.9. The number of oxime groups is 1. The fraction of sp³-hybridized carbons (Fsp3) is 0.500. The molecule has 0 unspecified atom stereocenters. The van der Waals surface area contributed by atoms with Gasteiger partial charge in [-0.25, -0.2) is 0 Å². The van der Waals surface area contributed by atoms with E-state index in [1.54, 1.807) is 0 Å². The highest BCUT2D eigenvalue weighted by Crippen LogP contribution is 2.22. The summed E-state index contributed by atoms with van der Waals surface area (Å²) >= 11 is 0. The van der Waals surface area contributed by atoms with Crippen LogP contribution in [0.15, 0.2) is 29.4 Å². The lowest BCUT2D eigenvalue weighted by atomic mass is 9.99. The standard InChI is InChI=1S/C14H19NO6/c1-8-4-2-3-5-9(8)6-15-21-14-13(19)12(18)11(17)10(7-16)20-14/h2-6,10-14,16-19H,7H2,1H3/b15-6+/t10-,11-,12-,13-,14-/m0/s1. The van der Waals surface area contributed by atoms with Gasteiger partial charge in [0.05, 0.1) is 12.8 Å². The fourth-order valence-electron chi connectivity index (χ4n) is 2.03. The van der Waals surface area contributed by atoms with E-state index in [1.807, 2.05) is 31.2 Å². The third kappa shape index (κ3) is 3.58. The quantitative estimate of drug-likeness (QED) is 0.425. The minimum absolute atomic E-state index is 0.508. The molecular weight excluding hydrogens is 278 g/mol. The topological polar surface area (TPSA) is 112 Å². The van der Waals surface area contributed by atoms with Crippen molar-refractivity contribution in [2.45, 2.75) is 37.6 Å². The second kappa shape index (κ2) is 6.97. The highest BCUT2D eigenvalue weighted by molar-refractivity contribution is 5.81. The first-order valence-electron chi connectivity index (χ1n) is 6.60. The van der Waals surface area contributed by atoms with E-state index in [9.17, 15) is 15.3 Å². The van der Waals surface area contributed by atoms with Crippen LogP contribution in [0.2, 0.25) is 0 Å². The number of rotatable bonds is 4. The lowest BCUT2D eigenvalue weighted by Crippen LogP contribution is -2.58. The number of aliphatic hydroxyl groups is 4. The molecule has 5 atom stereocenters. The van der Waals surface area contributed by atoms with Gasteiger partial charge in [-0.05, 0) is 18.1 Å². The van der Waals surface area contributed by atoms with Gasteiger partial charge >= 0.3 is 0 Å². The SMILES string of the molecule is Cc1ccccc1/C=N/O[C@@H]1O[C@@H](CO)[C@H](O)[C@H](O)[C@@H]1O. The fourth-order valence-corrected chi connectivity index (χ4v) is 2.03. The number of hydrogen-bond donors (Lipinski definition) is 4. The molecule has 1 heterocycles. The second-order valence-corrected chi connectivity index (χ2v) is 4.89. The molecule has 1 aliphatic rings. The van der Waals surface area contributed by atoms with Gasteiger partial charge in [0.1, 0.15) is 24.4 Å². The van der Waals surface area contributed by atoms with E-state index < -0.39 is 37.3 Å². The van der Waals surface area contributed by atoms with E-state index in [4.69, 9.17) is 14.7 Å². The molecule has 1 aromatic carbocycles. The summed E-state index contributed by atoms with van der Waals surface area (Å²) in [5, 5.41) is 41.8. The average molecular weight is 297 g/mol. The van der Waals surface area contributed by atoms with Crippen molar-refractivity contribution >= 4 is 6.21 Å². The van der Waals surface area contributed by atoms with E-state index in [-0.39, 0.29) is 0 Å². The predicted octanol–water partition coefficient (Wildman–Crippen LogP) is -0.855. The zero-order valence-corrected chi connectivity index (χ0v) is 11.5. The van der Waals surface area contributed by atoms with Gasteiger partial charge in [0.2, 0.25) is 0 Å². The maximum Gasteiger partial charge on any atom is 0.256 e. The Labute approximate surface area is 122 Å². The summed E-state index contributed by atoms with van der Waals surface area (Å²) < 4.78 is 5.15. The Kier molecular flexibility index (Phi) is 5.27. The Bertz CT molecular complexity index is 492. The molecule has 0 radical (unpaired) electrons. The van der Waals surface area contributed by atoms with E-state index >= 15 is 0 Å². The van der Waals surface area contributed by atoms with Crippen LogP contribution in [0.5, 0.6) is 0 Å². The summed E-state index contributed by atoms with van der Waals surface area (Å²) in [4.78, 5) is 5.02. The molecule has 2 rings (SSSR count). The molecule has 0 saturated carbocycles. The van der Waals surface area contributed by atoms with E-state index in [0.29, 0.717) is 0 Å². The smallest absolute Gasteiger partial charge is 0.256 e. The van der Waals surface area contributed by atoms with Crippen molar-refractivity contribution in [3.63, 3.8) is 0 Å². The first-order valence-corrected chi connectivity index (χ1v) is 6.60. The van der Waals surface area contributed by atoms with Crippen LogP contribution in [0.25, 0.3) is 0 Å². The molecule has 0 amide bonds. The summed E-state index contributed by atoms with van der Waals surface area (Å²) in [6, 6.07) is 7.50. The molecule has 1 fully saturated rings. The van der Waals surface area contributed by atoms with Crippen molar-refractivity contribution in [1.29, 1.82) is 0 Å². The Morgan fingerprint density at radius 3 is 2.57 bits per heavy atom. The summed E-state index contributed by atoms with van der Waals surface area (Å²) in [5.74, 6) is 0. The molecule has 7 nitrogen and oxygen atoms in total. The number of aliphatic hydroxyl groups excluding tert-OH is 4. The number of hydrogen-bond acceptors (Lipinski definition) is 7. The maximum absolute atomic E-state index is 9.76. The Hall–Kier alpha value is -1.51. The number of aryl methyl sites for hydroxylation is 1. The Balaban J connectivity index is 2.00.